The Morgan fingerprint density at radius 2 is 1.56 bits per heavy atom. The van der Waals surface area contributed by atoms with E-state index in [9.17, 15) is 14.4 Å². The molecule has 0 saturated heterocycles. The van der Waals surface area contributed by atoms with E-state index in [0.29, 0.717) is 28.2 Å². The summed E-state index contributed by atoms with van der Waals surface area (Å²) >= 11 is 3.41. The fraction of sp³-hybridized carbons (Fsp3) is 0.0500. The van der Waals surface area contributed by atoms with E-state index in [4.69, 9.17) is 0 Å². The van der Waals surface area contributed by atoms with E-state index < -0.39 is 17.2 Å². The Balaban J connectivity index is 1.84. The first-order valence-electron chi connectivity index (χ1n) is 8.32. The van der Waals surface area contributed by atoms with E-state index in [1.165, 1.54) is 0 Å². The average Bonchev–Trinajstić information content (AvgIpc) is 2.93. The number of rotatable bonds is 1. The number of hydrogen-bond donors (Lipinski definition) is 3. The van der Waals surface area contributed by atoms with Crippen LogP contribution in [0.25, 0.3) is 5.70 Å². The second-order valence-corrected chi connectivity index (χ2v) is 7.39. The number of aromatic nitrogens is 2. The zero-order valence-electron chi connectivity index (χ0n) is 13.8. The third kappa shape index (κ3) is 2.28. The average molecular weight is 422 g/mol. The topological polar surface area (TPSA) is 94.8 Å². The number of carbonyl (C=O) groups is 1. The van der Waals surface area contributed by atoms with Gasteiger partial charge in [-0.3, -0.25) is 19.6 Å². The lowest BCUT2D eigenvalue weighted by atomic mass is 9.82. The molecule has 0 saturated carbocycles. The zero-order chi connectivity index (χ0) is 18.7. The molecule has 5 rings (SSSR count). The quantitative estimate of drug-likeness (QED) is 0.562. The summed E-state index contributed by atoms with van der Waals surface area (Å²) in [7, 11) is 0. The summed E-state index contributed by atoms with van der Waals surface area (Å²) < 4.78 is 0.894. The van der Waals surface area contributed by atoms with Crippen LogP contribution in [0.1, 0.15) is 33.0 Å². The van der Waals surface area contributed by atoms with Crippen LogP contribution in [0.5, 0.6) is 0 Å². The van der Waals surface area contributed by atoms with Gasteiger partial charge in [0.15, 0.2) is 5.78 Å². The largest absolute Gasteiger partial charge is 0.340 e. The maximum Gasteiger partial charge on any atom is 0.327 e. The Hall–Kier alpha value is -3.19. The van der Waals surface area contributed by atoms with Crippen molar-refractivity contribution in [1.82, 2.24) is 9.97 Å². The van der Waals surface area contributed by atoms with E-state index >= 15 is 0 Å². The lowest BCUT2D eigenvalue weighted by molar-refractivity contribution is 0.103. The minimum Gasteiger partial charge on any atom is -0.340 e. The number of fused-ring (bicyclic) bond motifs is 3. The molecule has 0 unspecified atom stereocenters. The van der Waals surface area contributed by atoms with Crippen molar-refractivity contribution < 1.29 is 4.79 Å². The van der Waals surface area contributed by atoms with Crippen molar-refractivity contribution >= 4 is 33.2 Å². The first kappa shape index (κ1) is 16.0. The van der Waals surface area contributed by atoms with Crippen molar-refractivity contribution in [3.05, 3.63) is 102 Å². The predicted molar refractivity (Wildman–Crippen MR) is 105 cm³/mol. The predicted octanol–water partition coefficient (Wildman–Crippen LogP) is 2.99. The molecule has 1 aliphatic heterocycles. The summed E-state index contributed by atoms with van der Waals surface area (Å²) in [6.07, 6.45) is 0. The molecule has 2 aromatic carbocycles. The number of Topliss-reactive ketones (excluding diaryl/α,β-unsaturated/α-hetero) is 1. The Labute approximate surface area is 161 Å². The fourth-order valence-corrected chi connectivity index (χ4v) is 4.11. The lowest BCUT2D eigenvalue weighted by Crippen LogP contribution is -2.33. The first-order valence-corrected chi connectivity index (χ1v) is 9.11. The van der Waals surface area contributed by atoms with Crippen LogP contribution in [0.4, 0.5) is 5.82 Å². The number of nitrogens with one attached hydrogen (secondary N) is 3. The van der Waals surface area contributed by atoms with Gasteiger partial charge in [-0.1, -0.05) is 52.3 Å². The molecule has 1 atom stereocenters. The molecule has 0 bridgehead atoms. The van der Waals surface area contributed by atoms with Gasteiger partial charge in [-0.2, -0.15) is 0 Å². The molecule has 0 spiro atoms. The molecule has 3 N–H and O–H groups in total. The Morgan fingerprint density at radius 1 is 0.852 bits per heavy atom. The highest BCUT2D eigenvalue weighted by atomic mass is 79.9. The van der Waals surface area contributed by atoms with E-state index in [1.807, 2.05) is 42.5 Å². The third-order valence-electron chi connectivity index (χ3n) is 4.97. The minimum atomic E-state index is -0.595. The van der Waals surface area contributed by atoms with Gasteiger partial charge in [0.2, 0.25) is 0 Å². The Morgan fingerprint density at radius 3 is 2.30 bits per heavy atom. The molecule has 0 amide bonds. The van der Waals surface area contributed by atoms with E-state index in [2.05, 4.69) is 31.2 Å². The van der Waals surface area contributed by atoms with Crippen LogP contribution < -0.4 is 16.6 Å². The molecule has 0 fully saturated rings. The Bertz CT molecular complexity index is 1270. The molecule has 2 aliphatic rings. The molecule has 6 nitrogen and oxygen atoms in total. The SMILES string of the molecule is O=C1C2=C(Nc3[nH]c(=O)[nH]c(=O)c3[C@H]2c2ccc(Br)cc2)c2ccccc21. The van der Waals surface area contributed by atoms with Gasteiger partial charge in [-0.25, -0.2) is 4.79 Å². The second-order valence-electron chi connectivity index (χ2n) is 6.47. The van der Waals surface area contributed by atoms with Gasteiger partial charge in [-0.15, -0.1) is 0 Å². The van der Waals surface area contributed by atoms with Crippen LogP contribution in [-0.4, -0.2) is 15.8 Å². The summed E-state index contributed by atoms with van der Waals surface area (Å²) in [6.45, 7) is 0. The third-order valence-corrected chi connectivity index (χ3v) is 5.49. The van der Waals surface area contributed by atoms with Crippen molar-refractivity contribution in [2.45, 2.75) is 5.92 Å². The zero-order valence-corrected chi connectivity index (χ0v) is 15.4. The smallest absolute Gasteiger partial charge is 0.327 e. The minimum absolute atomic E-state index is 0.114. The molecule has 27 heavy (non-hydrogen) atoms. The molecule has 0 radical (unpaired) electrons. The van der Waals surface area contributed by atoms with Crippen molar-refractivity contribution in [3.8, 4) is 0 Å². The fourth-order valence-electron chi connectivity index (χ4n) is 3.84. The van der Waals surface area contributed by atoms with Crippen LogP contribution in [0, 0.1) is 0 Å². The number of benzene rings is 2. The van der Waals surface area contributed by atoms with Crippen molar-refractivity contribution in [3.63, 3.8) is 0 Å². The van der Waals surface area contributed by atoms with E-state index in [1.54, 1.807) is 6.07 Å². The summed E-state index contributed by atoms with van der Waals surface area (Å²) in [5.41, 5.74) is 2.53. The monoisotopic (exact) mass is 421 g/mol. The Kier molecular flexibility index (Phi) is 3.35. The number of anilines is 1. The summed E-state index contributed by atoms with van der Waals surface area (Å²) in [4.78, 5) is 42.6. The number of ketones is 1. The second kappa shape index (κ2) is 5.65. The molecular formula is C20H12BrN3O3. The van der Waals surface area contributed by atoms with Crippen LogP contribution in [-0.2, 0) is 0 Å². The van der Waals surface area contributed by atoms with Gasteiger partial charge in [-0.05, 0) is 17.7 Å². The van der Waals surface area contributed by atoms with Crippen LogP contribution in [0.2, 0.25) is 0 Å². The standard InChI is InChI=1S/C20H12BrN3O3/c21-10-7-5-9(6-8-10)13-14-16(11-3-1-2-4-12(11)17(14)25)22-18-15(13)19(26)24-20(27)23-18/h1-8,13H,(H3,22,23,24,26,27)/t13-/m0/s1. The number of halogens is 1. The van der Waals surface area contributed by atoms with Crippen LogP contribution in [0.3, 0.4) is 0 Å². The number of aromatic amines is 2. The molecule has 1 aliphatic carbocycles. The summed E-state index contributed by atoms with van der Waals surface area (Å²) in [5.74, 6) is -0.373. The highest BCUT2D eigenvalue weighted by Crippen LogP contribution is 2.47. The maximum atomic E-state index is 13.2. The normalized spacial score (nSPS) is 17.2. The van der Waals surface area contributed by atoms with Crippen LogP contribution >= 0.6 is 15.9 Å². The number of hydrogen-bond acceptors (Lipinski definition) is 4. The van der Waals surface area contributed by atoms with Gasteiger partial charge in [0.1, 0.15) is 5.82 Å². The molecule has 132 valence electrons. The highest BCUT2D eigenvalue weighted by molar-refractivity contribution is 9.10. The van der Waals surface area contributed by atoms with E-state index in [0.717, 1.165) is 15.6 Å². The molecular weight excluding hydrogens is 410 g/mol. The number of carbonyl (C=O) groups excluding carboxylic acids is 1. The van der Waals surface area contributed by atoms with Gasteiger partial charge in [0.25, 0.3) is 5.56 Å². The van der Waals surface area contributed by atoms with Crippen molar-refractivity contribution in [1.29, 1.82) is 0 Å². The number of allylic oxidation sites excluding steroid dienone is 1. The van der Waals surface area contributed by atoms with E-state index in [-0.39, 0.29) is 5.78 Å². The van der Waals surface area contributed by atoms with Gasteiger partial charge >= 0.3 is 5.69 Å². The highest BCUT2D eigenvalue weighted by Gasteiger charge is 2.41. The molecule has 7 heteroatoms. The first-order chi connectivity index (χ1) is 13.0. The van der Waals surface area contributed by atoms with Crippen LogP contribution in [0.15, 0.2) is 68.2 Å². The molecule has 3 aromatic rings. The lowest BCUT2D eigenvalue weighted by Gasteiger charge is -2.27. The van der Waals surface area contributed by atoms with Gasteiger partial charge in [0, 0.05) is 27.1 Å². The maximum absolute atomic E-state index is 13.2. The van der Waals surface area contributed by atoms with Gasteiger partial charge in [0.05, 0.1) is 11.3 Å². The number of H-pyrrole nitrogens is 2. The molecule has 2 heterocycles. The molecule has 1 aromatic heterocycles. The van der Waals surface area contributed by atoms with Crippen molar-refractivity contribution in [2.24, 2.45) is 0 Å². The summed E-state index contributed by atoms with van der Waals surface area (Å²) in [6, 6.07) is 14.8. The van der Waals surface area contributed by atoms with Crippen molar-refractivity contribution in [2.75, 3.05) is 5.32 Å². The summed E-state index contributed by atoms with van der Waals surface area (Å²) in [5, 5.41) is 3.11. The van der Waals surface area contributed by atoms with Gasteiger partial charge < -0.3 is 5.32 Å².